The van der Waals surface area contributed by atoms with Crippen molar-refractivity contribution in [3.8, 4) is 23.0 Å². The van der Waals surface area contributed by atoms with E-state index in [0.29, 0.717) is 17.4 Å². The minimum absolute atomic E-state index is 0.651. The van der Waals surface area contributed by atoms with Crippen LogP contribution in [0.2, 0.25) is 0 Å². The molecule has 1 saturated heterocycles. The molecule has 1 aromatic carbocycles. The van der Waals surface area contributed by atoms with Crippen LogP contribution in [0, 0.1) is 0 Å². The van der Waals surface area contributed by atoms with Crippen molar-refractivity contribution in [3.05, 3.63) is 42.7 Å². The number of rotatable bonds is 3. The SMILES string of the molecule is c1coc(-c2nc(-c3ccc(N4CCCC4)cc3)n[nH]2)c1. The fourth-order valence-electron chi connectivity index (χ4n) is 2.71. The summed E-state index contributed by atoms with van der Waals surface area (Å²) in [4.78, 5) is 6.89. The van der Waals surface area contributed by atoms with Crippen LogP contribution in [0.25, 0.3) is 23.0 Å². The first-order chi connectivity index (χ1) is 10.4. The van der Waals surface area contributed by atoms with E-state index in [1.165, 1.54) is 18.5 Å². The van der Waals surface area contributed by atoms with Crippen molar-refractivity contribution in [1.82, 2.24) is 15.2 Å². The molecule has 3 heterocycles. The highest BCUT2D eigenvalue weighted by atomic mass is 16.3. The van der Waals surface area contributed by atoms with E-state index in [9.17, 15) is 0 Å². The first kappa shape index (κ1) is 12.2. The van der Waals surface area contributed by atoms with Crippen molar-refractivity contribution in [1.29, 1.82) is 0 Å². The van der Waals surface area contributed by atoms with E-state index >= 15 is 0 Å². The predicted octanol–water partition coefficient (Wildman–Crippen LogP) is 3.33. The second kappa shape index (κ2) is 5.09. The Balaban J connectivity index is 1.58. The second-order valence-electron chi connectivity index (χ2n) is 5.23. The Morgan fingerprint density at radius 2 is 1.86 bits per heavy atom. The van der Waals surface area contributed by atoms with Gasteiger partial charge in [0, 0.05) is 24.3 Å². The summed E-state index contributed by atoms with van der Waals surface area (Å²) in [7, 11) is 0. The molecule has 0 spiro atoms. The summed E-state index contributed by atoms with van der Waals surface area (Å²) in [6, 6.07) is 12.1. The summed E-state index contributed by atoms with van der Waals surface area (Å²) < 4.78 is 5.31. The van der Waals surface area contributed by atoms with Crippen LogP contribution in [0.5, 0.6) is 0 Å². The van der Waals surface area contributed by atoms with E-state index < -0.39 is 0 Å². The number of benzene rings is 1. The van der Waals surface area contributed by atoms with Gasteiger partial charge in [-0.15, -0.1) is 0 Å². The number of nitrogens with one attached hydrogen (secondary N) is 1. The molecule has 1 fully saturated rings. The molecule has 1 aliphatic heterocycles. The number of aromatic amines is 1. The molecule has 4 rings (SSSR count). The molecule has 5 nitrogen and oxygen atoms in total. The van der Waals surface area contributed by atoms with Crippen LogP contribution in [0.1, 0.15) is 12.8 Å². The number of nitrogens with zero attached hydrogens (tertiary/aromatic N) is 3. The van der Waals surface area contributed by atoms with Crippen molar-refractivity contribution in [3.63, 3.8) is 0 Å². The quantitative estimate of drug-likeness (QED) is 0.799. The number of anilines is 1. The average molecular weight is 280 g/mol. The summed E-state index contributed by atoms with van der Waals surface area (Å²) >= 11 is 0. The summed E-state index contributed by atoms with van der Waals surface area (Å²) in [6.45, 7) is 2.31. The van der Waals surface area contributed by atoms with E-state index in [-0.39, 0.29) is 0 Å². The molecule has 0 atom stereocenters. The van der Waals surface area contributed by atoms with Gasteiger partial charge in [0.1, 0.15) is 0 Å². The maximum absolute atomic E-state index is 5.31. The highest BCUT2D eigenvalue weighted by Gasteiger charge is 2.13. The zero-order valence-electron chi connectivity index (χ0n) is 11.6. The van der Waals surface area contributed by atoms with Gasteiger partial charge >= 0.3 is 0 Å². The molecule has 1 aliphatic rings. The van der Waals surface area contributed by atoms with E-state index in [1.54, 1.807) is 6.26 Å². The molecule has 0 saturated carbocycles. The molecule has 0 bridgehead atoms. The number of aromatic nitrogens is 3. The molecule has 21 heavy (non-hydrogen) atoms. The molecule has 5 heteroatoms. The Bertz CT molecular complexity index is 709. The topological polar surface area (TPSA) is 58.0 Å². The lowest BCUT2D eigenvalue weighted by Gasteiger charge is -2.17. The van der Waals surface area contributed by atoms with Crippen LogP contribution < -0.4 is 4.90 Å². The average Bonchev–Trinajstić information content (AvgIpc) is 3.27. The maximum Gasteiger partial charge on any atom is 0.192 e. The van der Waals surface area contributed by atoms with Gasteiger partial charge in [0.05, 0.1) is 6.26 Å². The van der Waals surface area contributed by atoms with Crippen molar-refractivity contribution < 1.29 is 4.42 Å². The van der Waals surface area contributed by atoms with Gasteiger partial charge in [-0.1, -0.05) is 0 Å². The normalized spacial score (nSPS) is 14.8. The maximum atomic E-state index is 5.31. The van der Waals surface area contributed by atoms with Crippen molar-refractivity contribution in [2.45, 2.75) is 12.8 Å². The summed E-state index contributed by atoms with van der Waals surface area (Å²) in [6.07, 6.45) is 4.20. The first-order valence-corrected chi connectivity index (χ1v) is 7.22. The fraction of sp³-hybridized carbons (Fsp3) is 0.250. The Hall–Kier alpha value is -2.56. The Morgan fingerprint density at radius 1 is 1.05 bits per heavy atom. The third-order valence-corrected chi connectivity index (χ3v) is 3.84. The smallest absolute Gasteiger partial charge is 0.192 e. The van der Waals surface area contributed by atoms with Gasteiger partial charge in [-0.05, 0) is 49.2 Å². The zero-order valence-corrected chi connectivity index (χ0v) is 11.6. The van der Waals surface area contributed by atoms with E-state index in [1.807, 2.05) is 12.1 Å². The van der Waals surface area contributed by atoms with Gasteiger partial charge in [0.15, 0.2) is 17.4 Å². The zero-order chi connectivity index (χ0) is 14.1. The first-order valence-electron chi connectivity index (χ1n) is 7.22. The molecule has 0 aliphatic carbocycles. The lowest BCUT2D eigenvalue weighted by molar-refractivity contribution is 0.577. The lowest BCUT2D eigenvalue weighted by Crippen LogP contribution is -2.17. The standard InChI is InChI=1S/C16H16N4O/c1-2-10-20(9-1)13-7-5-12(6-8-13)15-17-16(19-18-15)14-4-3-11-21-14/h3-8,11H,1-2,9-10H2,(H,17,18,19). The van der Waals surface area contributed by atoms with E-state index in [2.05, 4.69) is 44.3 Å². The van der Waals surface area contributed by atoms with Crippen molar-refractivity contribution in [2.24, 2.45) is 0 Å². The van der Waals surface area contributed by atoms with Gasteiger partial charge in [0.25, 0.3) is 0 Å². The van der Waals surface area contributed by atoms with Crippen LogP contribution in [0.15, 0.2) is 47.1 Å². The monoisotopic (exact) mass is 280 g/mol. The Morgan fingerprint density at radius 3 is 2.57 bits per heavy atom. The Kier molecular flexibility index (Phi) is 2.96. The van der Waals surface area contributed by atoms with Crippen molar-refractivity contribution >= 4 is 5.69 Å². The molecule has 0 radical (unpaired) electrons. The van der Waals surface area contributed by atoms with Crippen molar-refractivity contribution in [2.75, 3.05) is 18.0 Å². The number of H-pyrrole nitrogens is 1. The molecule has 3 aromatic rings. The van der Waals surface area contributed by atoms with Gasteiger partial charge in [0.2, 0.25) is 0 Å². The van der Waals surface area contributed by atoms with Crippen LogP contribution in [-0.4, -0.2) is 28.3 Å². The number of hydrogen-bond acceptors (Lipinski definition) is 4. The van der Waals surface area contributed by atoms with Crippen LogP contribution in [0.3, 0.4) is 0 Å². The molecule has 106 valence electrons. The van der Waals surface area contributed by atoms with E-state index in [4.69, 9.17) is 4.42 Å². The third kappa shape index (κ3) is 2.31. The Labute approximate surface area is 122 Å². The summed E-state index contributed by atoms with van der Waals surface area (Å²) in [5.74, 6) is 2.04. The highest BCUT2D eigenvalue weighted by molar-refractivity contribution is 5.62. The minimum atomic E-state index is 0.651. The highest BCUT2D eigenvalue weighted by Crippen LogP contribution is 2.25. The van der Waals surface area contributed by atoms with Gasteiger partial charge in [-0.3, -0.25) is 5.10 Å². The third-order valence-electron chi connectivity index (χ3n) is 3.84. The fourth-order valence-corrected chi connectivity index (χ4v) is 2.71. The number of furan rings is 1. The van der Waals surface area contributed by atoms with Crippen LogP contribution >= 0.6 is 0 Å². The van der Waals surface area contributed by atoms with Gasteiger partial charge in [-0.25, -0.2) is 4.98 Å². The lowest BCUT2D eigenvalue weighted by atomic mass is 10.2. The van der Waals surface area contributed by atoms with E-state index in [0.717, 1.165) is 18.7 Å². The van der Waals surface area contributed by atoms with Gasteiger partial charge < -0.3 is 9.32 Å². The molecule has 1 N–H and O–H groups in total. The summed E-state index contributed by atoms with van der Waals surface area (Å²) in [5, 5.41) is 7.17. The largest absolute Gasteiger partial charge is 0.461 e. The second-order valence-corrected chi connectivity index (χ2v) is 5.23. The molecule has 2 aromatic heterocycles. The van der Waals surface area contributed by atoms with Gasteiger partial charge in [-0.2, -0.15) is 5.10 Å². The van der Waals surface area contributed by atoms with Crippen LogP contribution in [-0.2, 0) is 0 Å². The predicted molar refractivity (Wildman–Crippen MR) is 81.0 cm³/mol. The summed E-state index contributed by atoms with van der Waals surface area (Å²) in [5.41, 5.74) is 2.28. The minimum Gasteiger partial charge on any atom is -0.461 e. The van der Waals surface area contributed by atoms with Crippen LogP contribution in [0.4, 0.5) is 5.69 Å². The number of hydrogen-bond donors (Lipinski definition) is 1. The molecular formula is C16H16N4O. The molecule has 0 amide bonds. The molecule has 0 unspecified atom stereocenters. The molecular weight excluding hydrogens is 264 g/mol.